The van der Waals surface area contributed by atoms with Crippen molar-refractivity contribution in [3.05, 3.63) is 95.3 Å². The number of benzene rings is 3. The number of methoxy groups -OCH3 is 1. The van der Waals surface area contributed by atoms with Gasteiger partial charge in [0, 0.05) is 22.7 Å². The SMILES string of the molecule is COc1ccc(-n2c(C)nnc2SCc2ccc(C(=O)Nc3ccc(C(C)C)cc3)cc2)cc1. The molecule has 0 unspecified atom stereocenters. The van der Waals surface area contributed by atoms with Crippen molar-refractivity contribution in [1.82, 2.24) is 14.8 Å². The number of thioether (sulfide) groups is 1. The Balaban J connectivity index is 1.39. The summed E-state index contributed by atoms with van der Waals surface area (Å²) in [6, 6.07) is 23.5. The van der Waals surface area contributed by atoms with Gasteiger partial charge in [-0.2, -0.15) is 0 Å². The van der Waals surface area contributed by atoms with Gasteiger partial charge >= 0.3 is 0 Å². The zero-order valence-electron chi connectivity index (χ0n) is 19.8. The summed E-state index contributed by atoms with van der Waals surface area (Å²) in [6.07, 6.45) is 0. The first-order valence-corrected chi connectivity index (χ1v) is 12.1. The largest absolute Gasteiger partial charge is 0.497 e. The molecule has 0 fully saturated rings. The number of hydrogen-bond donors (Lipinski definition) is 1. The molecular formula is C27H28N4O2S. The van der Waals surface area contributed by atoms with Gasteiger partial charge in [0.2, 0.25) is 0 Å². The van der Waals surface area contributed by atoms with E-state index in [1.165, 1.54) is 5.56 Å². The summed E-state index contributed by atoms with van der Waals surface area (Å²) in [5, 5.41) is 12.4. The molecule has 4 rings (SSSR count). The summed E-state index contributed by atoms with van der Waals surface area (Å²) < 4.78 is 7.28. The van der Waals surface area contributed by atoms with Gasteiger partial charge < -0.3 is 10.1 Å². The molecule has 6 nitrogen and oxygen atoms in total. The third-order valence-electron chi connectivity index (χ3n) is 5.55. The van der Waals surface area contributed by atoms with E-state index in [0.29, 0.717) is 17.2 Å². The van der Waals surface area contributed by atoms with Crippen LogP contribution in [-0.2, 0) is 5.75 Å². The maximum absolute atomic E-state index is 12.6. The molecule has 1 N–H and O–H groups in total. The van der Waals surface area contributed by atoms with Crippen LogP contribution in [0.3, 0.4) is 0 Å². The van der Waals surface area contributed by atoms with Crippen molar-refractivity contribution >= 4 is 23.4 Å². The highest BCUT2D eigenvalue weighted by atomic mass is 32.2. The number of nitrogens with one attached hydrogen (secondary N) is 1. The molecule has 1 heterocycles. The van der Waals surface area contributed by atoms with Gasteiger partial charge in [0.25, 0.3) is 5.91 Å². The van der Waals surface area contributed by atoms with Crippen LogP contribution in [0.15, 0.2) is 78.0 Å². The molecule has 0 spiro atoms. The van der Waals surface area contributed by atoms with Crippen LogP contribution < -0.4 is 10.1 Å². The average molecular weight is 473 g/mol. The van der Waals surface area contributed by atoms with Gasteiger partial charge in [-0.05, 0) is 72.5 Å². The summed E-state index contributed by atoms with van der Waals surface area (Å²) in [6.45, 7) is 6.24. The molecular weight excluding hydrogens is 444 g/mol. The van der Waals surface area contributed by atoms with Crippen molar-refractivity contribution in [3.8, 4) is 11.4 Å². The number of aryl methyl sites for hydroxylation is 1. The molecule has 0 aliphatic carbocycles. The van der Waals surface area contributed by atoms with Gasteiger partial charge in [-0.25, -0.2) is 0 Å². The van der Waals surface area contributed by atoms with Crippen molar-refractivity contribution in [2.75, 3.05) is 12.4 Å². The number of carbonyl (C=O) groups is 1. The summed E-state index contributed by atoms with van der Waals surface area (Å²) in [7, 11) is 1.65. The van der Waals surface area contributed by atoms with Crippen molar-refractivity contribution in [3.63, 3.8) is 0 Å². The lowest BCUT2D eigenvalue weighted by Crippen LogP contribution is -2.11. The first-order valence-electron chi connectivity index (χ1n) is 11.1. The fourth-order valence-electron chi connectivity index (χ4n) is 3.52. The molecule has 174 valence electrons. The van der Waals surface area contributed by atoms with Crippen LogP contribution in [0.1, 0.15) is 47.1 Å². The lowest BCUT2D eigenvalue weighted by molar-refractivity contribution is 0.102. The molecule has 0 aliphatic rings. The highest BCUT2D eigenvalue weighted by molar-refractivity contribution is 7.98. The quantitative estimate of drug-likeness (QED) is 0.307. The van der Waals surface area contributed by atoms with E-state index >= 15 is 0 Å². The summed E-state index contributed by atoms with van der Waals surface area (Å²) in [4.78, 5) is 12.6. The lowest BCUT2D eigenvalue weighted by atomic mass is 10.0. The van der Waals surface area contributed by atoms with Gasteiger partial charge in [0.1, 0.15) is 11.6 Å². The van der Waals surface area contributed by atoms with Crippen molar-refractivity contribution in [2.24, 2.45) is 0 Å². The summed E-state index contributed by atoms with van der Waals surface area (Å²) in [5.41, 5.74) is 4.75. The van der Waals surface area contributed by atoms with E-state index in [1.807, 2.05) is 84.3 Å². The highest BCUT2D eigenvalue weighted by Gasteiger charge is 2.12. The van der Waals surface area contributed by atoms with Crippen LogP contribution in [0.2, 0.25) is 0 Å². The molecule has 34 heavy (non-hydrogen) atoms. The first kappa shape index (κ1) is 23.6. The second kappa shape index (κ2) is 10.6. The van der Waals surface area contributed by atoms with Crippen molar-refractivity contribution < 1.29 is 9.53 Å². The number of rotatable bonds is 8. The number of carbonyl (C=O) groups excluding carboxylic acids is 1. The number of aromatic nitrogens is 3. The minimum atomic E-state index is -0.119. The molecule has 0 saturated carbocycles. The van der Waals surface area contributed by atoms with Crippen LogP contribution in [-0.4, -0.2) is 27.8 Å². The van der Waals surface area contributed by atoms with Crippen LogP contribution in [0, 0.1) is 6.92 Å². The Morgan fingerprint density at radius 1 is 0.971 bits per heavy atom. The summed E-state index contributed by atoms with van der Waals surface area (Å²) >= 11 is 1.60. The minimum Gasteiger partial charge on any atom is -0.497 e. The average Bonchev–Trinajstić information content (AvgIpc) is 3.23. The molecule has 1 amide bonds. The Labute approximate surface area is 204 Å². The topological polar surface area (TPSA) is 69.0 Å². The second-order valence-corrected chi connectivity index (χ2v) is 9.22. The molecule has 0 bridgehead atoms. The summed E-state index contributed by atoms with van der Waals surface area (Å²) in [5.74, 6) is 2.68. The third kappa shape index (κ3) is 5.48. The van der Waals surface area contributed by atoms with E-state index in [2.05, 4.69) is 29.4 Å². The Hall–Kier alpha value is -3.58. The van der Waals surface area contributed by atoms with Gasteiger partial charge in [-0.15, -0.1) is 10.2 Å². The van der Waals surface area contributed by atoms with E-state index in [-0.39, 0.29) is 5.91 Å². The fourth-order valence-corrected chi connectivity index (χ4v) is 4.47. The number of anilines is 1. The number of ether oxygens (including phenoxy) is 1. The van der Waals surface area contributed by atoms with Crippen LogP contribution in [0.5, 0.6) is 5.75 Å². The number of nitrogens with zero attached hydrogens (tertiary/aromatic N) is 3. The molecule has 0 radical (unpaired) electrons. The fraction of sp³-hybridized carbons (Fsp3) is 0.222. The van der Waals surface area contributed by atoms with Gasteiger partial charge in [0.15, 0.2) is 5.16 Å². The monoisotopic (exact) mass is 472 g/mol. The van der Waals surface area contributed by atoms with E-state index in [0.717, 1.165) is 33.7 Å². The Kier molecular flexibility index (Phi) is 7.33. The zero-order chi connectivity index (χ0) is 24.1. The number of amides is 1. The predicted molar refractivity (Wildman–Crippen MR) is 137 cm³/mol. The molecule has 1 aromatic heterocycles. The smallest absolute Gasteiger partial charge is 0.255 e. The van der Waals surface area contributed by atoms with Crippen molar-refractivity contribution in [1.29, 1.82) is 0 Å². The molecule has 0 saturated heterocycles. The molecule has 0 aliphatic heterocycles. The van der Waals surface area contributed by atoms with E-state index in [1.54, 1.807) is 18.9 Å². The Bertz CT molecular complexity index is 1250. The predicted octanol–water partition coefficient (Wildman–Crippen LogP) is 6.25. The molecule has 7 heteroatoms. The first-order chi connectivity index (χ1) is 16.4. The minimum absolute atomic E-state index is 0.119. The molecule has 0 atom stereocenters. The Morgan fingerprint density at radius 2 is 1.65 bits per heavy atom. The van der Waals surface area contributed by atoms with Gasteiger partial charge in [0.05, 0.1) is 7.11 Å². The lowest BCUT2D eigenvalue weighted by Gasteiger charge is -2.10. The maximum atomic E-state index is 12.6. The van der Waals surface area contributed by atoms with Gasteiger partial charge in [-0.1, -0.05) is 49.9 Å². The van der Waals surface area contributed by atoms with Crippen LogP contribution in [0.25, 0.3) is 5.69 Å². The second-order valence-electron chi connectivity index (χ2n) is 8.28. The van der Waals surface area contributed by atoms with Crippen LogP contribution >= 0.6 is 11.8 Å². The number of hydrogen-bond acceptors (Lipinski definition) is 5. The van der Waals surface area contributed by atoms with E-state index in [9.17, 15) is 4.79 Å². The normalized spacial score (nSPS) is 11.0. The van der Waals surface area contributed by atoms with E-state index < -0.39 is 0 Å². The van der Waals surface area contributed by atoms with E-state index in [4.69, 9.17) is 4.74 Å². The van der Waals surface area contributed by atoms with Crippen LogP contribution in [0.4, 0.5) is 5.69 Å². The maximum Gasteiger partial charge on any atom is 0.255 e. The third-order valence-corrected chi connectivity index (χ3v) is 6.55. The van der Waals surface area contributed by atoms with Gasteiger partial charge in [-0.3, -0.25) is 9.36 Å². The molecule has 3 aromatic carbocycles. The van der Waals surface area contributed by atoms with Crippen molar-refractivity contribution in [2.45, 2.75) is 37.6 Å². The molecule has 4 aromatic rings. The Morgan fingerprint density at radius 3 is 2.26 bits per heavy atom. The highest BCUT2D eigenvalue weighted by Crippen LogP contribution is 2.26. The standard InChI is InChI=1S/C27H28N4O2S/c1-18(2)21-9-11-23(12-10-21)28-26(32)22-7-5-20(6-8-22)17-34-27-30-29-19(3)31(27)24-13-15-25(33-4)16-14-24/h5-16,18H,17H2,1-4H3,(H,28,32). The zero-order valence-corrected chi connectivity index (χ0v) is 20.6.